The fourth-order valence-electron chi connectivity index (χ4n) is 3.43. The molecule has 0 fully saturated rings. The van der Waals surface area contributed by atoms with E-state index in [1.165, 1.54) is 57.4 Å². The first-order chi connectivity index (χ1) is 14.8. The highest BCUT2D eigenvalue weighted by Gasteiger charge is 2.48. The molecule has 0 radical (unpaired) electrons. The van der Waals surface area contributed by atoms with E-state index in [2.05, 4.69) is 15.3 Å². The minimum atomic E-state index is -3.83. The maximum absolute atomic E-state index is 14.9. The van der Waals surface area contributed by atoms with Crippen LogP contribution in [-0.2, 0) is 15.6 Å². The van der Waals surface area contributed by atoms with Gasteiger partial charge in [0.05, 0.1) is 5.56 Å². The molecular weight excluding hydrogens is 435 g/mol. The lowest BCUT2D eigenvalue weighted by molar-refractivity contribution is 0.102. The van der Waals surface area contributed by atoms with Gasteiger partial charge in [-0.15, -0.1) is 0 Å². The highest BCUT2D eigenvalue weighted by molar-refractivity contribution is 7.91. The van der Waals surface area contributed by atoms with Gasteiger partial charge in [-0.2, -0.15) is 5.26 Å². The highest BCUT2D eigenvalue weighted by Crippen LogP contribution is 2.36. The van der Waals surface area contributed by atoms with Crippen molar-refractivity contribution in [2.75, 3.05) is 18.9 Å². The number of benzene rings is 1. The summed E-state index contributed by atoms with van der Waals surface area (Å²) in [6.45, 7) is 4.33. The van der Waals surface area contributed by atoms with E-state index in [0.29, 0.717) is 5.56 Å². The summed E-state index contributed by atoms with van der Waals surface area (Å²) >= 11 is 0. The van der Waals surface area contributed by atoms with Gasteiger partial charge in [0.1, 0.15) is 33.7 Å². The standard InChI is InChI=1S/C21H23FN6O3S/c1-20(2)19(24)27-21(3,12-28(4)32(20,30)31)15-9-14(6-7-16(15)22)26-18(29)17-8-5-13(10-23)11-25-17/h5-9,11H,12H2,1-4H3,(H2,24,27)(H,26,29). The van der Waals surface area contributed by atoms with Crippen LogP contribution >= 0.6 is 0 Å². The Labute approximate surface area is 185 Å². The van der Waals surface area contributed by atoms with E-state index >= 15 is 0 Å². The summed E-state index contributed by atoms with van der Waals surface area (Å²) in [7, 11) is -2.44. The molecule has 0 saturated heterocycles. The third-order valence-corrected chi connectivity index (χ3v) is 7.95. The number of likely N-dealkylation sites (N-methyl/N-ethyl adjacent to an activating group) is 1. The topological polar surface area (TPSA) is 142 Å². The summed E-state index contributed by atoms with van der Waals surface area (Å²) < 4.78 is 40.3. The SMILES string of the molecule is CN1CC(C)(c2cc(NC(=O)c3ccc(C#N)cn3)ccc2F)N=C(N)C(C)(C)S1(=O)=O. The Hall–Kier alpha value is -3.36. The number of anilines is 1. The first-order valence-corrected chi connectivity index (χ1v) is 11.0. The summed E-state index contributed by atoms with van der Waals surface area (Å²) in [4.78, 5) is 20.9. The van der Waals surface area contributed by atoms with Crippen LogP contribution in [0.2, 0.25) is 0 Å². The molecule has 1 aliphatic heterocycles. The normalized spacial score (nSPS) is 22.3. The zero-order valence-corrected chi connectivity index (χ0v) is 18.9. The molecule has 0 saturated carbocycles. The molecule has 2 aromatic rings. The number of nitrogens with one attached hydrogen (secondary N) is 1. The molecule has 3 N–H and O–H groups in total. The highest BCUT2D eigenvalue weighted by atomic mass is 32.2. The van der Waals surface area contributed by atoms with Gasteiger partial charge in [0.15, 0.2) is 0 Å². The number of carbonyl (C=O) groups is 1. The van der Waals surface area contributed by atoms with Crippen LogP contribution in [0.25, 0.3) is 0 Å². The number of nitrogens with two attached hydrogens (primary N) is 1. The van der Waals surface area contributed by atoms with E-state index < -0.39 is 32.0 Å². The number of nitriles is 1. The summed E-state index contributed by atoms with van der Waals surface area (Å²) in [6.07, 6.45) is 1.27. The van der Waals surface area contributed by atoms with Crippen LogP contribution in [0.5, 0.6) is 0 Å². The lowest BCUT2D eigenvalue weighted by Gasteiger charge is -2.29. The number of amides is 1. The second kappa shape index (κ2) is 7.96. The molecule has 32 heavy (non-hydrogen) atoms. The van der Waals surface area contributed by atoms with Gasteiger partial charge in [0, 0.05) is 31.0 Å². The minimum absolute atomic E-state index is 0.0744. The van der Waals surface area contributed by atoms with Crippen molar-refractivity contribution >= 4 is 27.5 Å². The zero-order chi connectivity index (χ0) is 23.9. The minimum Gasteiger partial charge on any atom is -0.386 e. The van der Waals surface area contributed by atoms with Crippen LogP contribution in [0.4, 0.5) is 10.1 Å². The van der Waals surface area contributed by atoms with Crippen molar-refractivity contribution in [2.45, 2.75) is 31.1 Å². The molecule has 0 aliphatic carbocycles. The lowest BCUT2D eigenvalue weighted by Crippen LogP contribution is -2.50. The van der Waals surface area contributed by atoms with Crippen molar-refractivity contribution < 1.29 is 17.6 Å². The summed E-state index contributed by atoms with van der Waals surface area (Å²) in [6, 6.07) is 8.71. The number of carbonyl (C=O) groups excluding carboxylic acids is 1. The Balaban J connectivity index is 2.00. The fraction of sp³-hybridized carbons (Fsp3) is 0.333. The van der Waals surface area contributed by atoms with E-state index in [0.717, 1.165) is 4.31 Å². The molecule has 11 heteroatoms. The number of hydrogen-bond acceptors (Lipinski definition) is 7. The number of pyridine rings is 1. The number of aromatic nitrogens is 1. The Morgan fingerprint density at radius 1 is 1.28 bits per heavy atom. The van der Waals surface area contributed by atoms with Crippen LogP contribution in [-0.4, -0.2) is 47.8 Å². The predicted molar refractivity (Wildman–Crippen MR) is 118 cm³/mol. The van der Waals surface area contributed by atoms with Crippen molar-refractivity contribution in [3.05, 3.63) is 59.2 Å². The average molecular weight is 459 g/mol. The first-order valence-electron chi connectivity index (χ1n) is 9.61. The molecule has 1 aliphatic rings. The molecule has 1 atom stereocenters. The fourth-order valence-corrected chi connectivity index (χ4v) is 4.94. The van der Waals surface area contributed by atoms with Gasteiger partial charge in [-0.1, -0.05) is 0 Å². The number of hydrogen-bond donors (Lipinski definition) is 2. The average Bonchev–Trinajstić information content (AvgIpc) is 2.78. The molecule has 9 nitrogen and oxygen atoms in total. The molecule has 1 unspecified atom stereocenters. The van der Waals surface area contributed by atoms with Crippen LogP contribution in [0, 0.1) is 17.1 Å². The smallest absolute Gasteiger partial charge is 0.274 e. The molecular formula is C21H23FN6O3S. The van der Waals surface area contributed by atoms with E-state index in [1.54, 1.807) is 6.92 Å². The lowest BCUT2D eigenvalue weighted by atomic mass is 9.91. The first kappa shape index (κ1) is 23.3. The Morgan fingerprint density at radius 3 is 2.56 bits per heavy atom. The third kappa shape index (κ3) is 3.94. The van der Waals surface area contributed by atoms with E-state index in [9.17, 15) is 17.6 Å². The number of rotatable bonds is 3. The molecule has 1 aromatic heterocycles. The van der Waals surface area contributed by atoms with Gasteiger partial charge in [-0.25, -0.2) is 22.1 Å². The number of halogens is 1. The van der Waals surface area contributed by atoms with Gasteiger partial charge >= 0.3 is 0 Å². The zero-order valence-electron chi connectivity index (χ0n) is 18.0. The van der Waals surface area contributed by atoms with Gasteiger partial charge in [-0.05, 0) is 51.1 Å². The summed E-state index contributed by atoms with van der Waals surface area (Å²) in [5.41, 5.74) is 5.44. The predicted octanol–water partition coefficient (Wildman–Crippen LogP) is 1.97. The van der Waals surface area contributed by atoms with Crippen molar-refractivity contribution in [3.63, 3.8) is 0 Å². The summed E-state index contributed by atoms with van der Waals surface area (Å²) in [5.74, 6) is -1.31. The molecule has 168 valence electrons. The molecule has 1 aromatic carbocycles. The number of sulfonamides is 1. The maximum Gasteiger partial charge on any atom is 0.274 e. The maximum atomic E-state index is 14.9. The number of nitrogens with zero attached hydrogens (tertiary/aromatic N) is 4. The van der Waals surface area contributed by atoms with Gasteiger partial charge in [-0.3, -0.25) is 9.79 Å². The molecule has 3 rings (SSSR count). The molecule has 2 heterocycles. The van der Waals surface area contributed by atoms with Crippen LogP contribution in [0.15, 0.2) is 41.5 Å². The second-order valence-electron chi connectivity index (χ2n) is 8.23. The Kier molecular flexibility index (Phi) is 5.80. The van der Waals surface area contributed by atoms with E-state index in [4.69, 9.17) is 11.0 Å². The largest absolute Gasteiger partial charge is 0.386 e. The van der Waals surface area contributed by atoms with Crippen LogP contribution < -0.4 is 11.1 Å². The van der Waals surface area contributed by atoms with Crippen LogP contribution in [0.1, 0.15) is 42.4 Å². The summed E-state index contributed by atoms with van der Waals surface area (Å²) in [5, 5.41) is 11.5. The quantitative estimate of drug-likeness (QED) is 0.720. The van der Waals surface area contributed by atoms with Crippen molar-refractivity contribution in [3.8, 4) is 6.07 Å². The van der Waals surface area contributed by atoms with E-state index in [-0.39, 0.29) is 29.3 Å². The second-order valence-corrected chi connectivity index (χ2v) is 10.8. The molecule has 0 bridgehead atoms. The third-order valence-electron chi connectivity index (χ3n) is 5.50. The van der Waals surface area contributed by atoms with Crippen LogP contribution in [0.3, 0.4) is 0 Å². The Bertz CT molecular complexity index is 1250. The Morgan fingerprint density at radius 2 is 1.97 bits per heavy atom. The number of aliphatic imine (C=N–C) groups is 1. The van der Waals surface area contributed by atoms with Crippen molar-refractivity contribution in [2.24, 2.45) is 10.7 Å². The van der Waals surface area contributed by atoms with E-state index in [1.807, 2.05) is 6.07 Å². The van der Waals surface area contributed by atoms with Crippen molar-refractivity contribution in [1.82, 2.24) is 9.29 Å². The van der Waals surface area contributed by atoms with Gasteiger partial charge in [0.2, 0.25) is 10.0 Å². The van der Waals surface area contributed by atoms with Gasteiger partial charge < -0.3 is 11.1 Å². The number of amidine groups is 1. The monoisotopic (exact) mass is 458 g/mol. The van der Waals surface area contributed by atoms with Gasteiger partial charge in [0.25, 0.3) is 5.91 Å². The molecule has 0 spiro atoms. The molecule has 1 amide bonds. The van der Waals surface area contributed by atoms with Crippen molar-refractivity contribution in [1.29, 1.82) is 5.26 Å².